The van der Waals surface area contributed by atoms with Gasteiger partial charge in [-0.2, -0.15) is 0 Å². The van der Waals surface area contributed by atoms with Crippen LogP contribution in [0.25, 0.3) is 49.9 Å². The predicted octanol–water partition coefficient (Wildman–Crippen LogP) is 10.9. The Morgan fingerprint density at radius 1 is 0.489 bits per heavy atom. The molecule has 0 unspecified atom stereocenters. The van der Waals surface area contributed by atoms with Gasteiger partial charge < -0.3 is 5.73 Å². The fraction of sp³-hybridized carbons (Fsp3) is 0.0455. The van der Waals surface area contributed by atoms with Crippen molar-refractivity contribution in [1.29, 1.82) is 0 Å². The van der Waals surface area contributed by atoms with E-state index in [1.807, 2.05) is 0 Å². The summed E-state index contributed by atoms with van der Waals surface area (Å²) < 4.78 is 0. The third-order valence-electron chi connectivity index (χ3n) is 9.17. The van der Waals surface area contributed by atoms with Gasteiger partial charge in [0.2, 0.25) is 0 Å². The lowest BCUT2D eigenvalue weighted by Gasteiger charge is -2.16. The molecular formula is C44H33N. The Hall–Kier alpha value is -5.66. The molecule has 7 aromatic rings. The number of hydrogen-bond acceptors (Lipinski definition) is 1. The largest absolute Gasteiger partial charge is 0.398 e. The Bertz CT molecular complexity index is 2150. The van der Waals surface area contributed by atoms with E-state index in [9.17, 15) is 0 Å². The molecule has 214 valence electrons. The van der Waals surface area contributed by atoms with Crippen molar-refractivity contribution in [2.24, 2.45) is 5.73 Å². The molecule has 0 radical (unpaired) electrons. The highest BCUT2D eigenvalue weighted by Crippen LogP contribution is 2.43. The molecule has 1 aliphatic carbocycles. The lowest BCUT2D eigenvalue weighted by Crippen LogP contribution is -2.03. The van der Waals surface area contributed by atoms with Gasteiger partial charge in [0.25, 0.3) is 0 Å². The van der Waals surface area contributed by atoms with Crippen molar-refractivity contribution in [2.75, 3.05) is 0 Å². The Balaban J connectivity index is 1.14. The maximum Gasteiger partial charge on any atom is 0.0356 e. The van der Waals surface area contributed by atoms with Gasteiger partial charge in [-0.25, -0.2) is 0 Å². The molecule has 1 heteroatoms. The highest BCUT2D eigenvalue weighted by Gasteiger charge is 2.22. The molecular weight excluding hydrogens is 542 g/mol. The quantitative estimate of drug-likeness (QED) is 0.210. The monoisotopic (exact) mass is 575 g/mol. The maximum atomic E-state index is 6.84. The van der Waals surface area contributed by atoms with Crippen molar-refractivity contribution in [2.45, 2.75) is 12.3 Å². The summed E-state index contributed by atoms with van der Waals surface area (Å²) in [5.74, 6) is 0.0706. The molecule has 2 N–H and O–H groups in total. The average molecular weight is 576 g/mol. The summed E-state index contributed by atoms with van der Waals surface area (Å²) in [4.78, 5) is 0. The highest BCUT2D eigenvalue weighted by molar-refractivity contribution is 5.94. The van der Waals surface area contributed by atoms with Crippen LogP contribution >= 0.6 is 0 Å². The first-order chi connectivity index (χ1) is 22.2. The summed E-state index contributed by atoms with van der Waals surface area (Å²) in [5.41, 5.74) is 21.5. The molecule has 0 aliphatic heterocycles. The first-order valence-electron chi connectivity index (χ1n) is 15.6. The lowest BCUT2D eigenvalue weighted by molar-refractivity contribution is 1.02. The van der Waals surface area contributed by atoms with Crippen molar-refractivity contribution in [3.8, 4) is 33.4 Å². The maximum absolute atomic E-state index is 6.84. The normalized spacial score (nSPS) is 12.3. The molecule has 8 rings (SSSR count). The smallest absolute Gasteiger partial charge is 0.0356 e. The molecule has 0 saturated heterocycles. The molecule has 1 nitrogen and oxygen atoms in total. The van der Waals surface area contributed by atoms with Crippen LogP contribution in [0.1, 0.15) is 33.7 Å². The Morgan fingerprint density at radius 3 is 1.80 bits per heavy atom. The second-order valence-electron chi connectivity index (χ2n) is 11.9. The van der Waals surface area contributed by atoms with Gasteiger partial charge in [0.1, 0.15) is 0 Å². The minimum atomic E-state index is 0.0706. The van der Waals surface area contributed by atoms with Crippen molar-refractivity contribution in [3.05, 3.63) is 198 Å². The number of hydrogen-bond donors (Lipinski definition) is 1. The van der Waals surface area contributed by atoms with Crippen molar-refractivity contribution in [1.82, 2.24) is 0 Å². The number of allylic oxidation sites excluding steroid dienone is 1. The van der Waals surface area contributed by atoms with Gasteiger partial charge in [0.15, 0.2) is 0 Å². The second-order valence-corrected chi connectivity index (χ2v) is 11.9. The van der Waals surface area contributed by atoms with E-state index in [2.05, 4.69) is 170 Å². The van der Waals surface area contributed by atoms with Crippen LogP contribution in [0.3, 0.4) is 0 Å². The van der Waals surface area contributed by atoms with Crippen LogP contribution in [0.2, 0.25) is 0 Å². The average Bonchev–Trinajstić information content (AvgIpc) is 3.48. The van der Waals surface area contributed by atoms with Crippen LogP contribution in [-0.4, -0.2) is 0 Å². The summed E-state index contributed by atoms with van der Waals surface area (Å²) in [7, 11) is 0. The molecule has 0 spiro atoms. The number of rotatable bonds is 6. The van der Waals surface area contributed by atoms with E-state index in [1.165, 1.54) is 60.8 Å². The van der Waals surface area contributed by atoms with Crippen molar-refractivity contribution in [3.63, 3.8) is 0 Å². The summed E-state index contributed by atoms with van der Waals surface area (Å²) in [6, 6.07) is 58.8. The SMILES string of the molecule is N/C(=C\C(c1ccccc1)c1ccccc1)c1cccc(-c2cccc(-c3cccc4c3Cc3cc5ccccc5cc3-4)c2)c1. The molecule has 0 saturated carbocycles. The van der Waals surface area contributed by atoms with E-state index in [0.717, 1.165) is 23.2 Å². The van der Waals surface area contributed by atoms with Gasteiger partial charge in [0, 0.05) is 11.6 Å². The van der Waals surface area contributed by atoms with E-state index >= 15 is 0 Å². The van der Waals surface area contributed by atoms with Gasteiger partial charge in [-0.1, -0.05) is 146 Å². The fourth-order valence-corrected chi connectivity index (χ4v) is 6.90. The topological polar surface area (TPSA) is 26.0 Å². The Labute approximate surface area is 265 Å². The van der Waals surface area contributed by atoms with Gasteiger partial charge in [-0.05, 0) is 103 Å². The highest BCUT2D eigenvalue weighted by atomic mass is 14.6. The standard InChI is InChI=1S/C44H33N/c45-44(29-41(30-12-3-1-4-13-30)31-14-5-2-6-15-31)37-21-10-19-34(25-37)33-18-9-20-36(24-33)39-22-11-23-40-42-27-35-17-8-7-16-32(35)26-38(42)28-43(39)40/h1-27,29,41H,28,45H2/b44-29-. The second kappa shape index (κ2) is 11.4. The van der Waals surface area contributed by atoms with Gasteiger partial charge in [-0.3, -0.25) is 0 Å². The zero-order valence-corrected chi connectivity index (χ0v) is 25.0. The zero-order valence-electron chi connectivity index (χ0n) is 25.0. The van der Waals surface area contributed by atoms with Crippen LogP contribution in [-0.2, 0) is 6.42 Å². The van der Waals surface area contributed by atoms with Crippen molar-refractivity contribution >= 4 is 16.5 Å². The molecule has 0 heterocycles. The van der Waals surface area contributed by atoms with E-state index in [-0.39, 0.29) is 5.92 Å². The van der Waals surface area contributed by atoms with E-state index < -0.39 is 0 Å². The Kier molecular flexibility index (Phi) is 6.85. The van der Waals surface area contributed by atoms with Gasteiger partial charge in [-0.15, -0.1) is 0 Å². The zero-order chi connectivity index (χ0) is 30.2. The lowest BCUT2D eigenvalue weighted by atomic mass is 9.89. The molecule has 7 aromatic carbocycles. The molecule has 1 aliphatic rings. The van der Waals surface area contributed by atoms with Crippen LogP contribution in [0.4, 0.5) is 0 Å². The van der Waals surface area contributed by atoms with Crippen LogP contribution < -0.4 is 5.73 Å². The first kappa shape index (κ1) is 26.9. The third-order valence-corrected chi connectivity index (χ3v) is 9.17. The number of fused-ring (bicyclic) bond motifs is 4. The van der Waals surface area contributed by atoms with E-state index in [1.54, 1.807) is 0 Å². The molecule has 0 aromatic heterocycles. The van der Waals surface area contributed by atoms with Crippen LogP contribution in [0, 0.1) is 0 Å². The molecule has 0 bridgehead atoms. The number of nitrogens with two attached hydrogens (primary N) is 1. The summed E-state index contributed by atoms with van der Waals surface area (Å²) in [6.45, 7) is 0. The summed E-state index contributed by atoms with van der Waals surface area (Å²) in [5, 5.41) is 2.60. The minimum absolute atomic E-state index is 0.0706. The minimum Gasteiger partial charge on any atom is -0.398 e. The third kappa shape index (κ3) is 5.13. The molecule has 0 fully saturated rings. The van der Waals surface area contributed by atoms with Crippen LogP contribution in [0.5, 0.6) is 0 Å². The van der Waals surface area contributed by atoms with Gasteiger partial charge in [0.05, 0.1) is 0 Å². The first-order valence-corrected chi connectivity index (χ1v) is 15.6. The summed E-state index contributed by atoms with van der Waals surface area (Å²) >= 11 is 0. The Morgan fingerprint density at radius 2 is 1.07 bits per heavy atom. The molecule has 45 heavy (non-hydrogen) atoms. The van der Waals surface area contributed by atoms with E-state index in [4.69, 9.17) is 5.73 Å². The predicted molar refractivity (Wildman–Crippen MR) is 190 cm³/mol. The van der Waals surface area contributed by atoms with Gasteiger partial charge >= 0.3 is 0 Å². The molecule has 0 amide bonds. The summed E-state index contributed by atoms with van der Waals surface area (Å²) in [6.07, 6.45) is 3.14. The van der Waals surface area contributed by atoms with Crippen molar-refractivity contribution < 1.29 is 0 Å². The van der Waals surface area contributed by atoms with Crippen LogP contribution in [0.15, 0.2) is 170 Å². The molecule has 0 atom stereocenters. The fourth-order valence-electron chi connectivity index (χ4n) is 6.90. The van der Waals surface area contributed by atoms with E-state index in [0.29, 0.717) is 0 Å². The number of benzene rings is 7.